The molecule has 1 saturated heterocycles. The number of aromatic nitrogens is 1. The van der Waals surface area contributed by atoms with Gasteiger partial charge in [0.25, 0.3) is 0 Å². The fourth-order valence-electron chi connectivity index (χ4n) is 2.36. The quantitative estimate of drug-likeness (QED) is 0.929. The van der Waals surface area contributed by atoms with Gasteiger partial charge in [0, 0.05) is 17.6 Å². The van der Waals surface area contributed by atoms with Crippen molar-refractivity contribution >= 4 is 21.7 Å². The molecule has 0 bridgehead atoms. The molecular weight excluding hydrogens is 278 g/mol. The first-order valence-corrected chi connectivity index (χ1v) is 7.02. The number of rotatable bonds is 3. The number of piperidine rings is 1. The lowest BCUT2D eigenvalue weighted by atomic mass is 9.97. The second-order valence-electron chi connectivity index (χ2n) is 4.72. The number of hydrogen-bond acceptors (Lipinski definition) is 3. The molecule has 1 fully saturated rings. The Kier molecular flexibility index (Phi) is 4.40. The molecule has 1 aromatic rings. The van der Waals surface area contributed by atoms with Gasteiger partial charge in [-0.3, -0.25) is 0 Å². The molecule has 0 radical (unpaired) electrons. The van der Waals surface area contributed by atoms with Crippen LogP contribution in [0, 0.1) is 12.8 Å². The highest BCUT2D eigenvalue weighted by Gasteiger charge is 2.19. The van der Waals surface area contributed by atoms with Crippen molar-refractivity contribution in [2.75, 3.05) is 31.6 Å². The summed E-state index contributed by atoms with van der Waals surface area (Å²) in [4.78, 5) is 7.03. The molecule has 0 aromatic carbocycles. The van der Waals surface area contributed by atoms with Crippen LogP contribution >= 0.6 is 15.9 Å². The highest BCUT2D eigenvalue weighted by molar-refractivity contribution is 9.10. The van der Waals surface area contributed by atoms with Gasteiger partial charge in [0.05, 0.1) is 5.69 Å². The van der Waals surface area contributed by atoms with E-state index in [1.165, 1.54) is 12.8 Å². The van der Waals surface area contributed by atoms with E-state index in [0.717, 1.165) is 41.5 Å². The first-order valence-electron chi connectivity index (χ1n) is 6.23. The number of nitrogens with zero attached hydrogens (tertiary/aromatic N) is 2. The summed E-state index contributed by atoms with van der Waals surface area (Å²) in [6, 6.07) is 4.20. The van der Waals surface area contributed by atoms with E-state index in [0.29, 0.717) is 0 Å². The zero-order valence-corrected chi connectivity index (χ0v) is 12.1. The average Bonchev–Trinajstić information content (AvgIpc) is 2.34. The summed E-state index contributed by atoms with van der Waals surface area (Å²) >= 11 is 3.49. The second-order valence-corrected chi connectivity index (χ2v) is 5.58. The van der Waals surface area contributed by atoms with Gasteiger partial charge in [0.1, 0.15) is 5.82 Å². The summed E-state index contributed by atoms with van der Waals surface area (Å²) in [6.07, 6.45) is 2.52. The lowest BCUT2D eigenvalue weighted by Crippen LogP contribution is -2.37. The van der Waals surface area contributed by atoms with Crippen molar-refractivity contribution in [2.24, 2.45) is 5.92 Å². The number of nitrogens with one attached hydrogen (secondary N) is 1. The lowest BCUT2D eigenvalue weighted by Gasteiger charge is -2.32. The molecule has 1 aliphatic rings. The summed E-state index contributed by atoms with van der Waals surface area (Å²) in [5, 5.41) is 3.27. The highest BCUT2D eigenvalue weighted by atomic mass is 79.9. The minimum atomic E-state index is 0.827. The molecule has 0 atom stereocenters. The van der Waals surface area contributed by atoms with Crippen molar-refractivity contribution in [2.45, 2.75) is 19.8 Å². The zero-order chi connectivity index (χ0) is 12.3. The van der Waals surface area contributed by atoms with Crippen LogP contribution in [0.5, 0.6) is 0 Å². The van der Waals surface area contributed by atoms with Gasteiger partial charge in [-0.1, -0.05) is 0 Å². The third kappa shape index (κ3) is 3.19. The second kappa shape index (κ2) is 5.83. The normalized spacial score (nSPS) is 17.5. The number of hydrogen-bond donors (Lipinski definition) is 1. The topological polar surface area (TPSA) is 28.2 Å². The van der Waals surface area contributed by atoms with Gasteiger partial charge < -0.3 is 10.2 Å². The van der Waals surface area contributed by atoms with Gasteiger partial charge in [-0.15, -0.1) is 0 Å². The molecule has 1 N–H and O–H groups in total. The summed E-state index contributed by atoms with van der Waals surface area (Å²) in [6.45, 7) is 5.43. The Hall–Kier alpha value is -0.610. The third-order valence-corrected chi connectivity index (χ3v) is 4.28. The molecule has 2 heterocycles. The van der Waals surface area contributed by atoms with E-state index in [2.05, 4.69) is 43.3 Å². The molecule has 2 rings (SSSR count). The summed E-state index contributed by atoms with van der Waals surface area (Å²) in [5.41, 5.74) is 1.07. The molecule has 0 spiro atoms. The van der Waals surface area contributed by atoms with Crippen molar-refractivity contribution in [1.29, 1.82) is 0 Å². The monoisotopic (exact) mass is 297 g/mol. The molecule has 0 aliphatic carbocycles. The van der Waals surface area contributed by atoms with Gasteiger partial charge in [-0.25, -0.2) is 4.98 Å². The maximum absolute atomic E-state index is 4.63. The Balaban J connectivity index is 1.98. The van der Waals surface area contributed by atoms with E-state index in [1.54, 1.807) is 0 Å². The predicted molar refractivity (Wildman–Crippen MR) is 75.5 cm³/mol. The summed E-state index contributed by atoms with van der Waals surface area (Å²) < 4.78 is 1.09. The maximum atomic E-state index is 4.63. The van der Waals surface area contributed by atoms with Crippen molar-refractivity contribution in [3.63, 3.8) is 0 Å². The van der Waals surface area contributed by atoms with Crippen LogP contribution in [0.1, 0.15) is 18.5 Å². The Labute approximate surface area is 112 Å². The number of pyridine rings is 1. The summed E-state index contributed by atoms with van der Waals surface area (Å²) in [5.74, 6) is 1.95. The Bertz CT molecular complexity index is 373. The van der Waals surface area contributed by atoms with E-state index >= 15 is 0 Å². The van der Waals surface area contributed by atoms with Crippen LogP contribution in [0.25, 0.3) is 0 Å². The van der Waals surface area contributed by atoms with Gasteiger partial charge in [-0.05, 0) is 67.3 Å². The zero-order valence-electron chi connectivity index (χ0n) is 10.5. The molecule has 0 unspecified atom stereocenters. The molecular formula is C13H20BrN3. The SMILES string of the molecule is CNCC1CCN(c2ccc(Br)c(C)n2)CC1. The van der Waals surface area contributed by atoms with Gasteiger partial charge in [-0.2, -0.15) is 0 Å². The Morgan fingerprint density at radius 3 is 2.71 bits per heavy atom. The fourth-order valence-corrected chi connectivity index (χ4v) is 2.58. The van der Waals surface area contributed by atoms with E-state index in [9.17, 15) is 0 Å². The van der Waals surface area contributed by atoms with Gasteiger partial charge in [0.15, 0.2) is 0 Å². The molecule has 1 aliphatic heterocycles. The Morgan fingerprint density at radius 2 is 2.12 bits per heavy atom. The number of anilines is 1. The standard InChI is InChI=1S/C13H20BrN3/c1-10-12(14)3-4-13(16-10)17-7-5-11(6-8-17)9-15-2/h3-4,11,15H,5-9H2,1-2H3. The van der Waals surface area contributed by atoms with Crippen LogP contribution in [-0.4, -0.2) is 31.7 Å². The predicted octanol–water partition coefficient (Wildman–Crippen LogP) is 2.59. The van der Waals surface area contributed by atoms with E-state index in [1.807, 2.05) is 14.0 Å². The maximum Gasteiger partial charge on any atom is 0.128 e. The number of aryl methyl sites for hydroxylation is 1. The smallest absolute Gasteiger partial charge is 0.128 e. The van der Waals surface area contributed by atoms with Gasteiger partial charge in [0.2, 0.25) is 0 Å². The van der Waals surface area contributed by atoms with E-state index in [4.69, 9.17) is 0 Å². The van der Waals surface area contributed by atoms with E-state index < -0.39 is 0 Å². The van der Waals surface area contributed by atoms with Crippen LogP contribution in [0.4, 0.5) is 5.82 Å². The van der Waals surface area contributed by atoms with Crippen LogP contribution in [0.2, 0.25) is 0 Å². The molecule has 0 amide bonds. The molecule has 94 valence electrons. The van der Waals surface area contributed by atoms with Crippen molar-refractivity contribution in [1.82, 2.24) is 10.3 Å². The van der Waals surface area contributed by atoms with E-state index in [-0.39, 0.29) is 0 Å². The lowest BCUT2D eigenvalue weighted by molar-refractivity contribution is 0.392. The molecule has 17 heavy (non-hydrogen) atoms. The van der Waals surface area contributed by atoms with Crippen molar-refractivity contribution < 1.29 is 0 Å². The molecule has 4 heteroatoms. The average molecular weight is 298 g/mol. The van der Waals surface area contributed by atoms with Crippen molar-refractivity contribution in [3.05, 3.63) is 22.3 Å². The first kappa shape index (κ1) is 12.8. The molecule has 3 nitrogen and oxygen atoms in total. The van der Waals surface area contributed by atoms with Crippen LogP contribution < -0.4 is 10.2 Å². The van der Waals surface area contributed by atoms with Gasteiger partial charge >= 0.3 is 0 Å². The molecule has 0 saturated carbocycles. The molecule has 1 aromatic heterocycles. The highest BCUT2D eigenvalue weighted by Crippen LogP contribution is 2.24. The first-order chi connectivity index (χ1) is 8.20. The summed E-state index contributed by atoms with van der Waals surface area (Å²) in [7, 11) is 2.03. The largest absolute Gasteiger partial charge is 0.357 e. The van der Waals surface area contributed by atoms with Crippen LogP contribution in [-0.2, 0) is 0 Å². The third-order valence-electron chi connectivity index (χ3n) is 3.44. The van der Waals surface area contributed by atoms with Crippen LogP contribution in [0.3, 0.4) is 0 Å². The minimum Gasteiger partial charge on any atom is -0.357 e. The fraction of sp³-hybridized carbons (Fsp3) is 0.615. The van der Waals surface area contributed by atoms with Crippen molar-refractivity contribution in [3.8, 4) is 0 Å². The Morgan fingerprint density at radius 1 is 1.41 bits per heavy atom. The van der Waals surface area contributed by atoms with Crippen LogP contribution in [0.15, 0.2) is 16.6 Å². The number of halogens is 1. The minimum absolute atomic E-state index is 0.827.